The molecule has 3 heteroatoms. The van der Waals surface area contributed by atoms with Crippen LogP contribution in [0.25, 0.3) is 0 Å². The molecule has 1 saturated heterocycles. The number of carbonyl (C=O) groups excluding carboxylic acids is 1. The molecular formula is C15H27NO2. The maximum absolute atomic E-state index is 11.8. The van der Waals surface area contributed by atoms with E-state index in [9.17, 15) is 4.79 Å². The van der Waals surface area contributed by atoms with Crippen molar-refractivity contribution < 1.29 is 9.53 Å². The van der Waals surface area contributed by atoms with Crippen LogP contribution in [0.3, 0.4) is 0 Å². The first-order valence-corrected chi connectivity index (χ1v) is 6.60. The van der Waals surface area contributed by atoms with Gasteiger partial charge in [0.2, 0.25) is 0 Å². The third kappa shape index (κ3) is 5.21. The number of rotatable bonds is 1. The SMILES string of the molecule is CC1(C)CC(=CC(=O)OC(C)(C)C)CC(C)(C)N1. The lowest BCUT2D eigenvalue weighted by atomic mass is 9.79. The van der Waals surface area contributed by atoms with E-state index < -0.39 is 5.60 Å². The molecule has 104 valence electrons. The molecule has 0 atom stereocenters. The molecule has 0 aliphatic carbocycles. The van der Waals surface area contributed by atoms with E-state index in [0.29, 0.717) is 0 Å². The second-order valence-electron chi connectivity index (χ2n) is 7.58. The van der Waals surface area contributed by atoms with Crippen molar-refractivity contribution in [3.63, 3.8) is 0 Å². The monoisotopic (exact) mass is 253 g/mol. The Morgan fingerprint density at radius 3 is 2.00 bits per heavy atom. The van der Waals surface area contributed by atoms with Gasteiger partial charge in [0.1, 0.15) is 5.60 Å². The van der Waals surface area contributed by atoms with Crippen molar-refractivity contribution in [1.29, 1.82) is 0 Å². The zero-order valence-corrected chi connectivity index (χ0v) is 12.8. The fraction of sp³-hybridized carbons (Fsp3) is 0.800. The lowest BCUT2D eigenvalue weighted by Gasteiger charge is -2.43. The number of nitrogens with one attached hydrogen (secondary N) is 1. The molecule has 0 aromatic rings. The molecule has 0 saturated carbocycles. The first kappa shape index (κ1) is 15.2. The van der Waals surface area contributed by atoms with Crippen molar-refractivity contribution in [1.82, 2.24) is 5.32 Å². The molecule has 1 heterocycles. The molecule has 1 aliphatic heterocycles. The van der Waals surface area contributed by atoms with Crippen LogP contribution in [0, 0.1) is 0 Å². The smallest absolute Gasteiger partial charge is 0.331 e. The van der Waals surface area contributed by atoms with Gasteiger partial charge in [-0.1, -0.05) is 5.57 Å². The van der Waals surface area contributed by atoms with Crippen LogP contribution in [0.1, 0.15) is 61.3 Å². The number of ether oxygens (including phenoxy) is 1. The van der Waals surface area contributed by atoms with Gasteiger partial charge in [0.15, 0.2) is 0 Å². The van der Waals surface area contributed by atoms with Gasteiger partial charge in [0, 0.05) is 17.2 Å². The largest absolute Gasteiger partial charge is 0.457 e. The molecule has 0 aromatic heterocycles. The highest BCUT2D eigenvalue weighted by Gasteiger charge is 2.35. The Hall–Kier alpha value is -0.830. The second-order valence-corrected chi connectivity index (χ2v) is 7.58. The Morgan fingerprint density at radius 2 is 1.61 bits per heavy atom. The minimum atomic E-state index is -0.425. The van der Waals surface area contributed by atoms with Gasteiger partial charge in [0.05, 0.1) is 0 Å². The zero-order valence-electron chi connectivity index (χ0n) is 12.8. The molecule has 0 spiro atoms. The van der Waals surface area contributed by atoms with Crippen molar-refractivity contribution in [3.05, 3.63) is 11.6 Å². The van der Waals surface area contributed by atoms with Crippen molar-refractivity contribution in [2.75, 3.05) is 0 Å². The standard InChI is InChI=1S/C15H27NO2/c1-13(2,3)18-12(17)8-11-9-14(4,5)16-15(6,7)10-11/h8,16H,9-10H2,1-7H3. The highest BCUT2D eigenvalue weighted by molar-refractivity contribution is 5.83. The van der Waals surface area contributed by atoms with E-state index in [0.717, 1.165) is 18.4 Å². The van der Waals surface area contributed by atoms with E-state index in [-0.39, 0.29) is 17.0 Å². The first-order chi connectivity index (χ1) is 7.89. The molecule has 0 unspecified atom stereocenters. The number of hydrogen-bond donors (Lipinski definition) is 1. The fourth-order valence-corrected chi connectivity index (χ4v) is 2.80. The van der Waals surface area contributed by atoms with Gasteiger partial charge in [-0.3, -0.25) is 0 Å². The molecule has 18 heavy (non-hydrogen) atoms. The Kier molecular flexibility index (Phi) is 3.97. The molecule has 1 rings (SSSR count). The highest BCUT2D eigenvalue weighted by Crippen LogP contribution is 2.32. The first-order valence-electron chi connectivity index (χ1n) is 6.60. The van der Waals surface area contributed by atoms with Crippen molar-refractivity contribution in [2.24, 2.45) is 0 Å². The second kappa shape index (κ2) is 4.69. The Labute approximate surface area is 111 Å². The molecule has 1 aliphatic rings. The summed E-state index contributed by atoms with van der Waals surface area (Å²) in [6.07, 6.45) is 3.45. The van der Waals surface area contributed by atoms with Crippen LogP contribution in [0.4, 0.5) is 0 Å². The summed E-state index contributed by atoms with van der Waals surface area (Å²) in [5, 5.41) is 3.59. The van der Waals surface area contributed by atoms with Crippen molar-refractivity contribution in [3.8, 4) is 0 Å². The number of esters is 1. The molecular weight excluding hydrogens is 226 g/mol. The highest BCUT2D eigenvalue weighted by atomic mass is 16.6. The Balaban J connectivity index is 2.79. The van der Waals surface area contributed by atoms with Gasteiger partial charge in [-0.15, -0.1) is 0 Å². The normalized spacial score (nSPS) is 22.5. The Bertz CT molecular complexity index is 341. The van der Waals surface area contributed by atoms with Gasteiger partial charge in [-0.25, -0.2) is 4.79 Å². The third-order valence-electron chi connectivity index (χ3n) is 2.74. The van der Waals surface area contributed by atoms with Crippen LogP contribution < -0.4 is 5.32 Å². The minimum Gasteiger partial charge on any atom is -0.457 e. The average molecular weight is 253 g/mol. The fourth-order valence-electron chi connectivity index (χ4n) is 2.80. The van der Waals surface area contributed by atoms with E-state index in [2.05, 4.69) is 33.0 Å². The van der Waals surface area contributed by atoms with Crippen LogP contribution in [0.15, 0.2) is 11.6 Å². The van der Waals surface area contributed by atoms with E-state index in [1.54, 1.807) is 6.08 Å². The van der Waals surface area contributed by atoms with Crippen LogP contribution in [0.2, 0.25) is 0 Å². The quantitative estimate of drug-likeness (QED) is 0.576. The summed E-state index contributed by atoms with van der Waals surface area (Å²) in [5.41, 5.74) is 0.787. The summed E-state index contributed by atoms with van der Waals surface area (Å²) in [4.78, 5) is 11.8. The lowest BCUT2D eigenvalue weighted by Crippen LogP contribution is -2.56. The third-order valence-corrected chi connectivity index (χ3v) is 2.74. The number of piperidine rings is 1. The van der Waals surface area contributed by atoms with E-state index in [1.807, 2.05) is 20.8 Å². The van der Waals surface area contributed by atoms with E-state index in [4.69, 9.17) is 4.74 Å². The van der Waals surface area contributed by atoms with Gasteiger partial charge in [-0.2, -0.15) is 0 Å². The van der Waals surface area contributed by atoms with Gasteiger partial charge in [-0.05, 0) is 61.3 Å². The van der Waals surface area contributed by atoms with Gasteiger partial charge < -0.3 is 10.1 Å². The molecule has 0 bridgehead atoms. The molecule has 0 radical (unpaired) electrons. The van der Waals surface area contributed by atoms with Crippen LogP contribution in [-0.4, -0.2) is 22.6 Å². The lowest BCUT2D eigenvalue weighted by molar-refractivity contribution is -0.148. The average Bonchev–Trinajstić information content (AvgIpc) is 1.90. The summed E-state index contributed by atoms with van der Waals surface area (Å²) in [7, 11) is 0. The van der Waals surface area contributed by atoms with Crippen molar-refractivity contribution >= 4 is 5.97 Å². The van der Waals surface area contributed by atoms with Crippen LogP contribution in [0.5, 0.6) is 0 Å². The molecule has 1 N–H and O–H groups in total. The number of carbonyl (C=O) groups is 1. The van der Waals surface area contributed by atoms with Crippen LogP contribution >= 0.6 is 0 Å². The van der Waals surface area contributed by atoms with Gasteiger partial charge >= 0.3 is 5.97 Å². The molecule has 0 aromatic carbocycles. The predicted molar refractivity (Wildman–Crippen MR) is 74.5 cm³/mol. The molecule has 0 amide bonds. The molecule has 1 fully saturated rings. The van der Waals surface area contributed by atoms with Crippen LogP contribution in [-0.2, 0) is 9.53 Å². The summed E-state index contributed by atoms with van der Waals surface area (Å²) >= 11 is 0. The topological polar surface area (TPSA) is 38.3 Å². The van der Waals surface area contributed by atoms with Gasteiger partial charge in [0.25, 0.3) is 0 Å². The Morgan fingerprint density at radius 1 is 1.17 bits per heavy atom. The van der Waals surface area contributed by atoms with E-state index >= 15 is 0 Å². The summed E-state index contributed by atoms with van der Waals surface area (Å²) in [6.45, 7) is 14.3. The zero-order chi connectivity index (χ0) is 14.2. The number of hydrogen-bond acceptors (Lipinski definition) is 3. The summed E-state index contributed by atoms with van der Waals surface area (Å²) < 4.78 is 5.34. The summed E-state index contributed by atoms with van der Waals surface area (Å²) in [5.74, 6) is -0.231. The predicted octanol–water partition coefficient (Wildman–Crippen LogP) is 3.20. The summed E-state index contributed by atoms with van der Waals surface area (Å²) in [6, 6.07) is 0. The maximum Gasteiger partial charge on any atom is 0.331 e. The maximum atomic E-state index is 11.8. The minimum absolute atomic E-state index is 0.0234. The molecule has 3 nitrogen and oxygen atoms in total. The van der Waals surface area contributed by atoms with Crippen molar-refractivity contribution in [2.45, 2.75) is 78.0 Å². The van der Waals surface area contributed by atoms with E-state index in [1.165, 1.54) is 0 Å².